The van der Waals surface area contributed by atoms with E-state index in [1.807, 2.05) is 26.0 Å². The molecule has 1 N–H and O–H groups in total. The number of aromatic carboxylic acids is 1. The number of hydrogen-bond donors (Lipinski definition) is 1. The van der Waals surface area contributed by atoms with Crippen LogP contribution in [0, 0.1) is 10.5 Å². The number of rotatable bonds is 5. The fourth-order valence-electron chi connectivity index (χ4n) is 2.14. The number of hydrogen-bond acceptors (Lipinski definition) is 3. The van der Waals surface area contributed by atoms with Crippen molar-refractivity contribution in [2.45, 2.75) is 13.8 Å². The first-order valence-corrected chi connectivity index (χ1v) is 7.29. The zero-order chi connectivity index (χ0) is 14.7. The molecule has 0 aliphatic heterocycles. The molecule has 0 bridgehead atoms. The molecule has 20 heavy (non-hydrogen) atoms. The molecule has 0 aliphatic rings. The largest absolute Gasteiger partial charge is 0.478 e. The van der Waals surface area contributed by atoms with Gasteiger partial charge in [-0.25, -0.2) is 4.79 Å². The van der Waals surface area contributed by atoms with Crippen molar-refractivity contribution in [3.8, 4) is 5.75 Å². The van der Waals surface area contributed by atoms with Gasteiger partial charge in [0.2, 0.25) is 0 Å². The van der Waals surface area contributed by atoms with Crippen LogP contribution in [-0.2, 0) is 4.74 Å². The van der Waals surface area contributed by atoms with E-state index in [1.54, 1.807) is 12.1 Å². The average Bonchev–Trinajstić information content (AvgIpc) is 2.41. The average molecular weight is 386 g/mol. The second kappa shape index (κ2) is 6.41. The topological polar surface area (TPSA) is 55.8 Å². The molecule has 2 aromatic carbocycles. The first-order valence-electron chi connectivity index (χ1n) is 6.22. The minimum Gasteiger partial charge on any atom is -0.478 e. The van der Waals surface area contributed by atoms with Gasteiger partial charge in [0.15, 0.2) is 6.79 Å². The molecule has 0 amide bonds. The Morgan fingerprint density at radius 2 is 2.15 bits per heavy atom. The molecule has 0 heterocycles. The van der Waals surface area contributed by atoms with Gasteiger partial charge in [-0.1, -0.05) is 12.1 Å². The zero-order valence-electron chi connectivity index (χ0n) is 11.3. The third-order valence-electron chi connectivity index (χ3n) is 3.03. The summed E-state index contributed by atoms with van der Waals surface area (Å²) in [6, 6.07) is 7.19. The molecule has 0 unspecified atom stereocenters. The Bertz CT molecular complexity index is 652. The number of benzene rings is 2. The number of carboxylic acid groups (broad SMARTS) is 1. The van der Waals surface area contributed by atoms with E-state index < -0.39 is 5.97 Å². The third kappa shape index (κ3) is 2.88. The summed E-state index contributed by atoms with van der Waals surface area (Å²) in [5, 5.41) is 10.9. The van der Waals surface area contributed by atoms with Crippen molar-refractivity contribution in [3.63, 3.8) is 0 Å². The van der Waals surface area contributed by atoms with Gasteiger partial charge < -0.3 is 14.6 Å². The van der Waals surface area contributed by atoms with E-state index in [0.29, 0.717) is 17.7 Å². The van der Waals surface area contributed by atoms with E-state index in [0.717, 1.165) is 14.5 Å². The van der Waals surface area contributed by atoms with Crippen molar-refractivity contribution >= 4 is 39.3 Å². The summed E-state index contributed by atoms with van der Waals surface area (Å²) in [5.74, 6) is -0.254. The maximum absolute atomic E-state index is 11.4. The van der Waals surface area contributed by atoms with E-state index in [9.17, 15) is 9.90 Å². The molecule has 2 rings (SSSR count). The molecule has 0 saturated heterocycles. The van der Waals surface area contributed by atoms with E-state index in [2.05, 4.69) is 22.6 Å². The Kier molecular flexibility index (Phi) is 4.82. The van der Waals surface area contributed by atoms with Gasteiger partial charge in [0.05, 0.1) is 9.13 Å². The lowest BCUT2D eigenvalue weighted by molar-refractivity contribution is 0.0216. The van der Waals surface area contributed by atoms with Crippen molar-refractivity contribution in [2.24, 2.45) is 0 Å². The highest BCUT2D eigenvalue weighted by molar-refractivity contribution is 14.1. The molecule has 0 aromatic heterocycles. The number of fused-ring (bicyclic) bond motifs is 1. The van der Waals surface area contributed by atoms with Gasteiger partial charge in [-0.3, -0.25) is 0 Å². The van der Waals surface area contributed by atoms with Crippen molar-refractivity contribution in [1.29, 1.82) is 0 Å². The van der Waals surface area contributed by atoms with Gasteiger partial charge in [0, 0.05) is 17.6 Å². The number of carbonyl (C=O) groups is 1. The van der Waals surface area contributed by atoms with E-state index >= 15 is 0 Å². The predicted octanol–water partition coefficient (Wildman–Crippen LogP) is 3.82. The highest BCUT2D eigenvalue weighted by Crippen LogP contribution is 2.34. The summed E-state index contributed by atoms with van der Waals surface area (Å²) >= 11 is 2.19. The Balaban J connectivity index is 2.59. The quantitative estimate of drug-likeness (QED) is 0.482. The smallest absolute Gasteiger partial charge is 0.336 e. The summed E-state index contributed by atoms with van der Waals surface area (Å²) in [5.41, 5.74) is 1.11. The van der Waals surface area contributed by atoms with Gasteiger partial charge in [0.1, 0.15) is 5.75 Å². The number of carboxylic acids is 1. The molecule has 2 aromatic rings. The Hall–Kier alpha value is -1.34. The van der Waals surface area contributed by atoms with Crippen LogP contribution in [0.2, 0.25) is 0 Å². The van der Waals surface area contributed by atoms with Gasteiger partial charge >= 0.3 is 5.97 Å². The third-order valence-corrected chi connectivity index (χ3v) is 3.83. The SMILES string of the molecule is CCOCOc1c(I)cc2cccc(C(=O)O)c2c1C. The van der Waals surface area contributed by atoms with Gasteiger partial charge in [-0.15, -0.1) is 0 Å². The van der Waals surface area contributed by atoms with E-state index in [-0.39, 0.29) is 12.4 Å². The lowest BCUT2D eigenvalue weighted by Gasteiger charge is -2.15. The summed E-state index contributed by atoms with van der Waals surface area (Å²) in [6.07, 6.45) is 0. The van der Waals surface area contributed by atoms with Crippen LogP contribution in [0.15, 0.2) is 24.3 Å². The first-order chi connectivity index (χ1) is 9.56. The van der Waals surface area contributed by atoms with Crippen molar-refractivity contribution in [3.05, 3.63) is 39.0 Å². The standard InChI is InChI=1S/C15H15IO4/c1-3-19-8-20-14-9(2)13-10(7-12(14)16)5-4-6-11(13)15(17)18/h4-7H,3,8H2,1-2H3,(H,17,18). The van der Waals surface area contributed by atoms with Gasteiger partial charge in [-0.05, 0) is 54.0 Å². The maximum atomic E-state index is 11.4. The summed E-state index contributed by atoms with van der Waals surface area (Å²) in [4.78, 5) is 11.4. The molecule has 0 atom stereocenters. The monoisotopic (exact) mass is 386 g/mol. The molecule has 4 nitrogen and oxygen atoms in total. The lowest BCUT2D eigenvalue weighted by Crippen LogP contribution is -2.06. The molecule has 0 spiro atoms. The number of halogens is 1. The van der Waals surface area contributed by atoms with E-state index in [1.165, 1.54) is 0 Å². The Morgan fingerprint density at radius 1 is 1.40 bits per heavy atom. The minimum atomic E-state index is -0.935. The molecule has 0 radical (unpaired) electrons. The van der Waals surface area contributed by atoms with Crippen LogP contribution in [0.3, 0.4) is 0 Å². The van der Waals surface area contributed by atoms with Crippen molar-refractivity contribution in [1.82, 2.24) is 0 Å². The summed E-state index contributed by atoms with van der Waals surface area (Å²) in [6.45, 7) is 4.50. The van der Waals surface area contributed by atoms with E-state index in [4.69, 9.17) is 9.47 Å². The van der Waals surface area contributed by atoms with Crippen LogP contribution >= 0.6 is 22.6 Å². The van der Waals surface area contributed by atoms with Crippen LogP contribution < -0.4 is 4.74 Å². The van der Waals surface area contributed by atoms with Gasteiger partial charge in [0.25, 0.3) is 0 Å². The first kappa shape index (κ1) is 15.1. The van der Waals surface area contributed by atoms with Crippen LogP contribution in [0.1, 0.15) is 22.8 Å². The predicted molar refractivity (Wildman–Crippen MR) is 85.5 cm³/mol. The van der Waals surface area contributed by atoms with Crippen molar-refractivity contribution in [2.75, 3.05) is 13.4 Å². The number of aryl methyl sites for hydroxylation is 1. The molecule has 106 valence electrons. The fraction of sp³-hybridized carbons (Fsp3) is 0.267. The lowest BCUT2D eigenvalue weighted by atomic mass is 9.99. The molecular formula is C15H15IO4. The summed E-state index contributed by atoms with van der Waals surface area (Å²) in [7, 11) is 0. The van der Waals surface area contributed by atoms with Gasteiger partial charge in [-0.2, -0.15) is 0 Å². The molecule has 0 fully saturated rings. The number of ether oxygens (including phenoxy) is 2. The minimum absolute atomic E-state index is 0.161. The summed E-state index contributed by atoms with van der Waals surface area (Å²) < 4.78 is 11.8. The van der Waals surface area contributed by atoms with Crippen LogP contribution in [0.4, 0.5) is 0 Å². The van der Waals surface area contributed by atoms with Crippen LogP contribution in [-0.4, -0.2) is 24.5 Å². The Labute approximate surface area is 130 Å². The van der Waals surface area contributed by atoms with Crippen LogP contribution in [0.5, 0.6) is 5.75 Å². The highest BCUT2D eigenvalue weighted by Gasteiger charge is 2.16. The molecular weight excluding hydrogens is 371 g/mol. The molecule has 0 aliphatic carbocycles. The molecule has 0 saturated carbocycles. The second-order valence-corrected chi connectivity index (χ2v) is 5.44. The normalized spacial score (nSPS) is 10.8. The molecule has 5 heteroatoms. The zero-order valence-corrected chi connectivity index (χ0v) is 13.4. The second-order valence-electron chi connectivity index (χ2n) is 4.28. The fourth-order valence-corrected chi connectivity index (χ4v) is 3.04. The maximum Gasteiger partial charge on any atom is 0.336 e. The highest BCUT2D eigenvalue weighted by atomic mass is 127. The van der Waals surface area contributed by atoms with Crippen molar-refractivity contribution < 1.29 is 19.4 Å². The Morgan fingerprint density at radius 3 is 2.80 bits per heavy atom. The van der Waals surface area contributed by atoms with Crippen LogP contribution in [0.25, 0.3) is 10.8 Å².